The van der Waals surface area contributed by atoms with Crippen LogP contribution in [0.4, 0.5) is 0 Å². The maximum atomic E-state index is 14.1. The third kappa shape index (κ3) is 16.3. The second-order valence-electron chi connectivity index (χ2n) is 21.1. The van der Waals surface area contributed by atoms with Crippen LogP contribution in [-0.4, -0.2) is 287 Å². The van der Waals surface area contributed by atoms with Gasteiger partial charge in [-0.05, 0) is 59.7 Å². The van der Waals surface area contributed by atoms with Crippen LogP contribution in [0.2, 0.25) is 0 Å². The lowest BCUT2D eigenvalue weighted by Crippen LogP contribution is -2.69. The number of aliphatic hydroxyl groups excluding tert-OH is 13. The molecule has 15 N–H and O–H groups in total. The van der Waals surface area contributed by atoms with E-state index in [1.165, 1.54) is 84.9 Å². The summed E-state index contributed by atoms with van der Waals surface area (Å²) in [5.41, 5.74) is 0.548. The van der Waals surface area contributed by atoms with Crippen LogP contribution in [0.15, 0.2) is 91.0 Å². The molecule has 24 atom stereocenters. The van der Waals surface area contributed by atoms with Crippen molar-refractivity contribution < 1.29 is 157 Å². The molecule has 0 spiro atoms. The normalized spacial score (nSPS) is 37.4. The number of ether oxygens (including phenoxy) is 13. The number of aliphatic hydroxyl groups is 13. The van der Waals surface area contributed by atoms with Gasteiger partial charge in [0.25, 0.3) is 0 Å². The van der Waals surface area contributed by atoms with Gasteiger partial charge in [0, 0.05) is 19.1 Å². The molecule has 5 saturated heterocycles. The van der Waals surface area contributed by atoms with Crippen molar-refractivity contribution in [1.29, 1.82) is 0 Å². The number of benzene rings is 3. The molecule has 3 aromatic rings. The highest BCUT2D eigenvalue weighted by Crippen LogP contribution is 2.42. The molecule has 32 nitrogen and oxygen atoms in total. The van der Waals surface area contributed by atoms with Gasteiger partial charge in [-0.25, -0.2) is 14.4 Å². The third-order valence-corrected chi connectivity index (χ3v) is 14.9. The van der Waals surface area contributed by atoms with Gasteiger partial charge in [0.2, 0.25) is 5.79 Å². The second kappa shape index (κ2) is 30.7. The van der Waals surface area contributed by atoms with Gasteiger partial charge in [-0.1, -0.05) is 42.5 Å². The molecule has 32 heteroatoms. The van der Waals surface area contributed by atoms with E-state index in [2.05, 4.69) is 0 Å². The molecule has 3 aromatic carbocycles. The highest BCUT2D eigenvalue weighted by Gasteiger charge is 2.64. The van der Waals surface area contributed by atoms with Crippen LogP contribution in [0.5, 0.6) is 11.5 Å². The van der Waals surface area contributed by atoms with Crippen LogP contribution in [0.3, 0.4) is 0 Å². The van der Waals surface area contributed by atoms with Gasteiger partial charge < -0.3 is 138 Å². The smallest absolute Gasteiger partial charge is 0.338 e. The molecule has 5 aliphatic rings. The minimum atomic E-state index is -2.97. The number of phenols is 2. The van der Waals surface area contributed by atoms with E-state index in [0.717, 1.165) is 19.1 Å². The largest absolute Gasteiger partial charge is 0.508 e. The van der Waals surface area contributed by atoms with E-state index >= 15 is 0 Å². The minimum Gasteiger partial charge on any atom is -0.508 e. The molecule has 0 aromatic heterocycles. The quantitative estimate of drug-likeness (QED) is 0.0239. The van der Waals surface area contributed by atoms with Gasteiger partial charge in [-0.2, -0.15) is 0 Å². The fraction of sp³-hybridized carbons (Fsp3) is 0.544. The van der Waals surface area contributed by atoms with Gasteiger partial charge in [-0.15, -0.1) is 0 Å². The number of carbonyl (C=O) groups excluding carboxylic acids is 4. The minimum absolute atomic E-state index is 0.105. The van der Waals surface area contributed by atoms with Gasteiger partial charge in [0.1, 0.15) is 128 Å². The van der Waals surface area contributed by atoms with Crippen molar-refractivity contribution in [2.45, 2.75) is 154 Å². The Kier molecular flexibility index (Phi) is 23.7. The summed E-state index contributed by atoms with van der Waals surface area (Å²) >= 11 is 0. The summed E-state index contributed by atoms with van der Waals surface area (Å²) < 4.78 is 77.6. The predicted molar refractivity (Wildman–Crippen MR) is 288 cm³/mol. The van der Waals surface area contributed by atoms with E-state index < -0.39 is 210 Å². The number of hydrogen-bond donors (Lipinski definition) is 15. The number of hydrogen-bond acceptors (Lipinski definition) is 32. The Hall–Kier alpha value is -6.26. The number of rotatable bonds is 23. The standard InChI is InChI=1S/C57H70O32/c1-25(62)77-23-35-40(69)48(84-53-44(73)42(71)38(67)31(19-58)79-53)46(75)55(82-35)85-49-47(83-37(66)18-12-27-9-15-30(64)16-10-27)34(22-61)81-56(50(49)86-54-45(74)43(72)39(68)32(20-59)80-54)89-57(24-78-36(65)17-11-26-7-13-29(63)14-8-26)51(41(70)33(21-60)88-57)87-52(76)28-5-3-2-4-6-28/h2-18,31-35,38-51,53-56,58-61,63-64,67-75H,19-24H2,1H3/b17-11+,18-12+/t31-,32-,33-,34-,35-,38-,39-,40-,41-,42+,43+,44-,45-,46-,47-,48+,49+,50-,51-,53-,54+,55-,56-,57+/m1/s1. The Morgan fingerprint density at radius 2 is 0.955 bits per heavy atom. The number of esters is 4. The lowest BCUT2D eigenvalue weighted by molar-refractivity contribution is -0.423. The van der Waals surface area contributed by atoms with E-state index in [1.807, 2.05) is 0 Å². The SMILES string of the molecule is CC(=O)OC[C@H]1O[C@H](O[C@@H]2[C@@H](O[C@@H]3O[C@H](CO)[C@@H](O)[C@H](O)[C@H]3O)[C@@H](O[C@]3(COC(=O)/C=C/c4ccc(O)cc4)O[C@H](CO)[C@@H](O)[C@H]3OC(=O)c3ccccc3)O[C@H](CO)[C@H]2OC(=O)/C=C/c2ccc(O)cc2)[C@H](O)[C@@H](O[C@H]2O[C@H](CO)[C@@H](O)[C@H](O)[C@H]2O)[C@@H]1O. The van der Waals surface area contributed by atoms with Gasteiger partial charge in [0.05, 0.1) is 32.0 Å². The molecule has 0 unspecified atom stereocenters. The van der Waals surface area contributed by atoms with Crippen LogP contribution in [0.25, 0.3) is 12.2 Å². The first-order valence-corrected chi connectivity index (χ1v) is 27.7. The predicted octanol–water partition coefficient (Wildman–Crippen LogP) is -5.55. The highest BCUT2D eigenvalue weighted by molar-refractivity contribution is 5.90. The third-order valence-electron chi connectivity index (χ3n) is 14.9. The summed E-state index contributed by atoms with van der Waals surface area (Å²) in [5, 5.41) is 164. The lowest BCUT2D eigenvalue weighted by atomic mass is 9.95. The average molecular weight is 1270 g/mol. The second-order valence-corrected chi connectivity index (χ2v) is 21.1. The highest BCUT2D eigenvalue weighted by atomic mass is 16.8. The van der Waals surface area contributed by atoms with Crippen molar-refractivity contribution in [2.75, 3.05) is 39.6 Å². The summed E-state index contributed by atoms with van der Waals surface area (Å²) in [6, 6.07) is 17.9. The van der Waals surface area contributed by atoms with Crippen LogP contribution >= 0.6 is 0 Å². The van der Waals surface area contributed by atoms with Crippen LogP contribution in [0, 0.1) is 0 Å². The molecule has 5 aliphatic heterocycles. The fourth-order valence-electron chi connectivity index (χ4n) is 10.1. The van der Waals surface area contributed by atoms with E-state index in [9.17, 15) is 95.8 Å². The molecule has 5 heterocycles. The van der Waals surface area contributed by atoms with Gasteiger partial charge >= 0.3 is 23.9 Å². The van der Waals surface area contributed by atoms with Gasteiger partial charge in [-0.3, -0.25) is 4.79 Å². The Bertz CT molecular complexity index is 2840. The number of carbonyl (C=O) groups is 4. The van der Waals surface area contributed by atoms with Crippen molar-refractivity contribution in [1.82, 2.24) is 0 Å². The van der Waals surface area contributed by atoms with E-state index in [-0.39, 0.29) is 17.1 Å². The zero-order valence-corrected chi connectivity index (χ0v) is 47.0. The first-order valence-electron chi connectivity index (χ1n) is 27.7. The molecular formula is C57H70O32. The maximum Gasteiger partial charge on any atom is 0.338 e. The molecule has 490 valence electrons. The van der Waals surface area contributed by atoms with Crippen molar-refractivity contribution in [3.05, 3.63) is 108 Å². The Labute approximate surface area is 504 Å². The van der Waals surface area contributed by atoms with Crippen LogP contribution in [0.1, 0.15) is 28.4 Å². The molecule has 0 saturated carbocycles. The van der Waals surface area contributed by atoms with Gasteiger partial charge in [0.15, 0.2) is 37.4 Å². The van der Waals surface area contributed by atoms with E-state index in [4.69, 9.17) is 61.6 Å². The molecule has 0 amide bonds. The zero-order valence-electron chi connectivity index (χ0n) is 47.0. The van der Waals surface area contributed by atoms with Crippen molar-refractivity contribution in [3.63, 3.8) is 0 Å². The summed E-state index contributed by atoms with van der Waals surface area (Å²) in [7, 11) is 0. The fourth-order valence-corrected chi connectivity index (χ4v) is 10.1. The summed E-state index contributed by atoms with van der Waals surface area (Å²) in [6.45, 7) is -5.52. The molecule has 0 bridgehead atoms. The van der Waals surface area contributed by atoms with E-state index in [0.29, 0.717) is 11.1 Å². The molecule has 0 aliphatic carbocycles. The Morgan fingerprint density at radius 1 is 0.472 bits per heavy atom. The molecule has 5 fully saturated rings. The molecule has 0 radical (unpaired) electrons. The topological polar surface area (TPSA) is 492 Å². The monoisotopic (exact) mass is 1270 g/mol. The number of aromatic hydroxyl groups is 2. The Balaban J connectivity index is 1.27. The molecular weight excluding hydrogens is 1200 g/mol. The first-order chi connectivity index (χ1) is 42.5. The van der Waals surface area contributed by atoms with E-state index in [1.54, 1.807) is 6.07 Å². The average Bonchev–Trinajstić information content (AvgIpc) is 1.75. The first kappa shape index (κ1) is 68.6. The lowest BCUT2D eigenvalue weighted by Gasteiger charge is -2.51. The summed E-state index contributed by atoms with van der Waals surface area (Å²) in [5.74, 6) is -7.81. The summed E-state index contributed by atoms with van der Waals surface area (Å²) in [6.07, 6.45) is -44.9. The van der Waals surface area contributed by atoms with Crippen LogP contribution < -0.4 is 0 Å². The maximum absolute atomic E-state index is 14.1. The van der Waals surface area contributed by atoms with Crippen LogP contribution in [-0.2, 0) is 76.0 Å². The summed E-state index contributed by atoms with van der Waals surface area (Å²) in [4.78, 5) is 54.1. The van der Waals surface area contributed by atoms with Crippen molar-refractivity contribution >= 4 is 36.0 Å². The van der Waals surface area contributed by atoms with Crippen molar-refractivity contribution in [3.8, 4) is 11.5 Å². The molecule has 8 rings (SSSR count). The Morgan fingerprint density at radius 3 is 1.48 bits per heavy atom. The van der Waals surface area contributed by atoms with Crippen molar-refractivity contribution in [2.24, 2.45) is 0 Å². The molecule has 89 heavy (non-hydrogen) atoms. The number of phenolic OH excluding ortho intramolecular Hbond substituents is 2. The zero-order chi connectivity index (χ0) is 64.4.